The van der Waals surface area contributed by atoms with Gasteiger partial charge in [0, 0.05) is 43.6 Å². The largest absolute Gasteiger partial charge is 0.354 e. The summed E-state index contributed by atoms with van der Waals surface area (Å²) in [5, 5.41) is 8.08. The summed E-state index contributed by atoms with van der Waals surface area (Å²) in [4.78, 5) is 11.7. The van der Waals surface area contributed by atoms with Gasteiger partial charge < -0.3 is 5.32 Å². The van der Waals surface area contributed by atoms with Gasteiger partial charge in [0.15, 0.2) is 0 Å². The molecule has 0 radical (unpaired) electrons. The summed E-state index contributed by atoms with van der Waals surface area (Å²) in [6.45, 7) is 11.3. The number of anilines is 1. The molecule has 3 heterocycles. The van der Waals surface area contributed by atoms with E-state index in [1.165, 1.54) is 12.0 Å². The third-order valence-corrected chi connectivity index (χ3v) is 5.76. The first-order valence-corrected chi connectivity index (χ1v) is 10.5. The van der Waals surface area contributed by atoms with Crippen LogP contribution in [0.2, 0.25) is 0 Å². The van der Waals surface area contributed by atoms with Crippen molar-refractivity contribution < 1.29 is 0 Å². The monoisotopic (exact) mass is 390 g/mol. The van der Waals surface area contributed by atoms with Crippen molar-refractivity contribution >= 4 is 5.95 Å². The molecule has 29 heavy (non-hydrogen) atoms. The summed E-state index contributed by atoms with van der Waals surface area (Å²) in [5.74, 6) is 1.32. The maximum absolute atomic E-state index is 4.77. The van der Waals surface area contributed by atoms with Crippen molar-refractivity contribution in [1.82, 2.24) is 24.6 Å². The third-order valence-electron chi connectivity index (χ3n) is 5.76. The van der Waals surface area contributed by atoms with Crippen LogP contribution < -0.4 is 5.32 Å². The van der Waals surface area contributed by atoms with Crippen molar-refractivity contribution in [1.29, 1.82) is 0 Å². The average Bonchev–Trinajstić information content (AvgIpc) is 3.30. The van der Waals surface area contributed by atoms with Crippen LogP contribution in [0.3, 0.4) is 0 Å². The molecule has 0 spiro atoms. The molecule has 1 aliphatic heterocycles. The number of hydrogen-bond donors (Lipinski definition) is 1. The molecular weight excluding hydrogens is 360 g/mol. The van der Waals surface area contributed by atoms with E-state index in [0.717, 1.165) is 55.4 Å². The van der Waals surface area contributed by atoms with Gasteiger partial charge >= 0.3 is 0 Å². The predicted molar refractivity (Wildman–Crippen MR) is 117 cm³/mol. The number of aryl methyl sites for hydroxylation is 2. The lowest BCUT2D eigenvalue weighted by Gasteiger charge is -2.16. The van der Waals surface area contributed by atoms with Crippen LogP contribution in [-0.2, 0) is 13.1 Å². The summed E-state index contributed by atoms with van der Waals surface area (Å²) < 4.78 is 2.03. The molecule has 0 bridgehead atoms. The first-order chi connectivity index (χ1) is 14.1. The quantitative estimate of drug-likeness (QED) is 0.663. The molecule has 1 fully saturated rings. The van der Waals surface area contributed by atoms with Gasteiger partial charge in [-0.05, 0) is 51.3 Å². The minimum absolute atomic E-state index is 0.622. The fourth-order valence-electron chi connectivity index (χ4n) is 4.26. The zero-order valence-electron chi connectivity index (χ0n) is 17.6. The van der Waals surface area contributed by atoms with Gasteiger partial charge in [-0.15, -0.1) is 0 Å². The molecule has 0 aliphatic carbocycles. The van der Waals surface area contributed by atoms with Gasteiger partial charge in [0.25, 0.3) is 0 Å². The van der Waals surface area contributed by atoms with Gasteiger partial charge in [0.1, 0.15) is 0 Å². The standard InChI is InChI=1S/C23H30N6/c1-4-29-18(3)22(17(2)27-29)21-10-12-24-23(26-21)25-14-20-11-13-28(16-20)15-19-8-6-5-7-9-19/h5-10,12,20H,4,11,13-16H2,1-3H3,(H,24,25,26)/t20-/m0/s1. The van der Waals surface area contributed by atoms with Crippen molar-refractivity contribution in [2.24, 2.45) is 5.92 Å². The second kappa shape index (κ2) is 8.74. The molecule has 0 saturated carbocycles. The van der Waals surface area contributed by atoms with Crippen molar-refractivity contribution in [3.8, 4) is 11.3 Å². The van der Waals surface area contributed by atoms with Crippen LogP contribution in [0, 0.1) is 19.8 Å². The lowest BCUT2D eigenvalue weighted by atomic mass is 10.1. The molecule has 152 valence electrons. The number of benzene rings is 1. The second-order valence-electron chi connectivity index (χ2n) is 7.88. The second-order valence-corrected chi connectivity index (χ2v) is 7.88. The van der Waals surface area contributed by atoms with Gasteiger partial charge in [-0.25, -0.2) is 9.97 Å². The van der Waals surface area contributed by atoms with E-state index >= 15 is 0 Å². The highest BCUT2D eigenvalue weighted by Gasteiger charge is 2.22. The number of nitrogens with zero attached hydrogens (tertiary/aromatic N) is 5. The van der Waals surface area contributed by atoms with Gasteiger partial charge in [0.2, 0.25) is 5.95 Å². The zero-order chi connectivity index (χ0) is 20.2. The number of likely N-dealkylation sites (tertiary alicyclic amines) is 1. The fourth-order valence-corrected chi connectivity index (χ4v) is 4.26. The molecule has 1 atom stereocenters. The highest BCUT2D eigenvalue weighted by Crippen LogP contribution is 2.26. The van der Waals surface area contributed by atoms with E-state index in [9.17, 15) is 0 Å². The summed E-state index contributed by atoms with van der Waals surface area (Å²) in [6.07, 6.45) is 3.05. The van der Waals surface area contributed by atoms with Crippen LogP contribution in [0.25, 0.3) is 11.3 Å². The molecule has 1 saturated heterocycles. The Morgan fingerprint density at radius 2 is 1.97 bits per heavy atom. The molecule has 3 aromatic rings. The highest BCUT2D eigenvalue weighted by atomic mass is 15.3. The maximum Gasteiger partial charge on any atom is 0.223 e. The molecule has 0 unspecified atom stereocenters. The van der Waals surface area contributed by atoms with E-state index in [1.807, 2.05) is 23.9 Å². The van der Waals surface area contributed by atoms with Crippen LogP contribution in [0.5, 0.6) is 0 Å². The molecular formula is C23H30N6. The number of rotatable bonds is 7. The minimum atomic E-state index is 0.622. The molecule has 4 rings (SSSR count). The normalized spacial score (nSPS) is 17.0. The van der Waals surface area contributed by atoms with E-state index in [0.29, 0.717) is 11.9 Å². The Balaban J connectivity index is 1.36. The van der Waals surface area contributed by atoms with Crippen molar-refractivity contribution in [2.75, 3.05) is 25.0 Å². The van der Waals surface area contributed by atoms with Crippen LogP contribution in [0.4, 0.5) is 5.95 Å². The smallest absolute Gasteiger partial charge is 0.223 e. The first kappa shape index (κ1) is 19.6. The summed E-state index contributed by atoms with van der Waals surface area (Å²) >= 11 is 0. The molecule has 6 heteroatoms. The van der Waals surface area contributed by atoms with Crippen LogP contribution >= 0.6 is 0 Å². The Morgan fingerprint density at radius 1 is 1.14 bits per heavy atom. The molecule has 6 nitrogen and oxygen atoms in total. The van der Waals surface area contributed by atoms with Crippen LogP contribution in [-0.4, -0.2) is 44.3 Å². The lowest BCUT2D eigenvalue weighted by molar-refractivity contribution is 0.319. The molecule has 1 aliphatic rings. The van der Waals surface area contributed by atoms with E-state index in [-0.39, 0.29) is 0 Å². The average molecular weight is 391 g/mol. The Morgan fingerprint density at radius 3 is 2.72 bits per heavy atom. The molecule has 1 N–H and O–H groups in total. The summed E-state index contributed by atoms with van der Waals surface area (Å²) in [7, 11) is 0. The number of aromatic nitrogens is 4. The Bertz CT molecular complexity index is 949. The van der Waals surface area contributed by atoms with Crippen molar-refractivity contribution in [3.05, 3.63) is 59.5 Å². The van der Waals surface area contributed by atoms with E-state index in [4.69, 9.17) is 4.98 Å². The predicted octanol–water partition coefficient (Wildman–Crippen LogP) is 3.91. The summed E-state index contributed by atoms with van der Waals surface area (Å²) in [5.41, 5.74) is 5.61. The minimum Gasteiger partial charge on any atom is -0.354 e. The topological polar surface area (TPSA) is 58.9 Å². The van der Waals surface area contributed by atoms with Gasteiger partial charge in [-0.1, -0.05) is 30.3 Å². The third kappa shape index (κ3) is 4.48. The van der Waals surface area contributed by atoms with Gasteiger partial charge in [0.05, 0.1) is 11.4 Å². The van der Waals surface area contributed by atoms with Crippen LogP contribution in [0.1, 0.15) is 30.3 Å². The van der Waals surface area contributed by atoms with E-state index < -0.39 is 0 Å². The highest BCUT2D eigenvalue weighted by molar-refractivity contribution is 5.65. The molecule has 1 aromatic carbocycles. The van der Waals surface area contributed by atoms with E-state index in [2.05, 4.69) is 64.5 Å². The Kier molecular flexibility index (Phi) is 5.90. The fraction of sp³-hybridized carbons (Fsp3) is 0.435. The van der Waals surface area contributed by atoms with Crippen molar-refractivity contribution in [2.45, 2.75) is 40.3 Å². The van der Waals surface area contributed by atoms with Gasteiger partial charge in [-0.3, -0.25) is 9.58 Å². The Hall–Kier alpha value is -2.73. The zero-order valence-corrected chi connectivity index (χ0v) is 17.6. The molecule has 0 amide bonds. The van der Waals surface area contributed by atoms with Gasteiger partial charge in [-0.2, -0.15) is 5.10 Å². The van der Waals surface area contributed by atoms with Crippen LogP contribution in [0.15, 0.2) is 42.6 Å². The first-order valence-electron chi connectivity index (χ1n) is 10.5. The summed E-state index contributed by atoms with van der Waals surface area (Å²) in [6, 6.07) is 12.7. The number of hydrogen-bond acceptors (Lipinski definition) is 5. The number of nitrogens with one attached hydrogen (secondary N) is 1. The van der Waals surface area contributed by atoms with E-state index in [1.54, 1.807) is 0 Å². The Labute approximate surface area is 173 Å². The maximum atomic E-state index is 4.77. The molecule has 2 aromatic heterocycles. The SMILES string of the molecule is CCn1nc(C)c(-c2ccnc(NC[C@@H]3CCN(Cc4ccccc4)C3)n2)c1C. The lowest BCUT2D eigenvalue weighted by Crippen LogP contribution is -2.23. The van der Waals surface area contributed by atoms with Crippen molar-refractivity contribution in [3.63, 3.8) is 0 Å².